The number of rotatable bonds is 1. The summed E-state index contributed by atoms with van der Waals surface area (Å²) >= 11 is 0. The zero-order valence-electron chi connectivity index (χ0n) is 5.68. The van der Waals surface area contributed by atoms with Crippen LogP contribution in [0.15, 0.2) is 10.5 Å². The van der Waals surface area contributed by atoms with Crippen LogP contribution in [0.1, 0.15) is 17.1 Å². The highest BCUT2D eigenvalue weighted by Crippen LogP contribution is 2.19. The predicted octanol–water partition coefficient (Wildman–Crippen LogP) is 0.341. The van der Waals surface area contributed by atoms with Crippen molar-refractivity contribution in [2.45, 2.75) is 19.6 Å². The molecule has 54 valence electrons. The quantitative estimate of drug-likeness (QED) is 0.588. The van der Waals surface area contributed by atoms with Gasteiger partial charge >= 0.3 is 0 Å². The van der Waals surface area contributed by atoms with Crippen molar-refractivity contribution in [1.82, 2.24) is 5.32 Å². The number of fused-ring (bicyclic) bond motifs is 1. The number of hydrogen-bond acceptors (Lipinski definition) is 3. The maximum atomic E-state index is 5.40. The topological polar surface area (TPSA) is 51.2 Å². The Balaban J connectivity index is 2.37. The van der Waals surface area contributed by atoms with Gasteiger partial charge in [-0.05, 0) is 6.07 Å². The molecular formula is C7H10N2O. The minimum absolute atomic E-state index is 0.507. The van der Waals surface area contributed by atoms with Crippen LogP contribution < -0.4 is 11.1 Å². The third-order valence-electron chi connectivity index (χ3n) is 1.75. The van der Waals surface area contributed by atoms with Gasteiger partial charge in [0.05, 0.1) is 13.1 Å². The summed E-state index contributed by atoms with van der Waals surface area (Å²) in [5, 5.41) is 3.18. The molecule has 3 N–H and O–H groups in total. The molecule has 0 amide bonds. The van der Waals surface area contributed by atoms with Crippen molar-refractivity contribution in [2.24, 2.45) is 5.73 Å². The molecule has 3 heteroatoms. The van der Waals surface area contributed by atoms with Crippen LogP contribution in [-0.2, 0) is 19.6 Å². The van der Waals surface area contributed by atoms with Gasteiger partial charge in [0.1, 0.15) is 11.5 Å². The molecule has 0 spiro atoms. The first-order valence-electron chi connectivity index (χ1n) is 3.41. The Labute approximate surface area is 59.2 Å². The Hall–Kier alpha value is -0.800. The summed E-state index contributed by atoms with van der Waals surface area (Å²) in [6.07, 6.45) is 0. The van der Waals surface area contributed by atoms with Crippen molar-refractivity contribution in [3.8, 4) is 0 Å². The van der Waals surface area contributed by atoms with Crippen molar-refractivity contribution in [2.75, 3.05) is 0 Å². The molecule has 1 aliphatic heterocycles. The molecular weight excluding hydrogens is 128 g/mol. The first-order chi connectivity index (χ1) is 4.90. The van der Waals surface area contributed by atoms with Gasteiger partial charge in [0.2, 0.25) is 0 Å². The molecule has 1 aliphatic rings. The zero-order valence-corrected chi connectivity index (χ0v) is 5.68. The number of hydrogen-bond donors (Lipinski definition) is 2. The largest absolute Gasteiger partial charge is 0.463 e. The molecule has 0 unspecified atom stereocenters. The lowest BCUT2D eigenvalue weighted by atomic mass is 10.3. The highest BCUT2D eigenvalue weighted by Gasteiger charge is 2.14. The van der Waals surface area contributed by atoms with E-state index in [1.54, 1.807) is 0 Å². The first-order valence-corrected chi connectivity index (χ1v) is 3.41. The van der Waals surface area contributed by atoms with E-state index in [-0.39, 0.29) is 0 Å². The highest BCUT2D eigenvalue weighted by atomic mass is 16.3. The van der Waals surface area contributed by atoms with Gasteiger partial charge in [-0.2, -0.15) is 0 Å². The van der Waals surface area contributed by atoms with Gasteiger partial charge in [0.25, 0.3) is 0 Å². The molecule has 0 atom stereocenters. The van der Waals surface area contributed by atoms with Crippen molar-refractivity contribution in [1.29, 1.82) is 0 Å². The summed E-state index contributed by atoms with van der Waals surface area (Å²) in [4.78, 5) is 0. The van der Waals surface area contributed by atoms with Crippen LogP contribution in [0.5, 0.6) is 0 Å². The summed E-state index contributed by atoms with van der Waals surface area (Å²) in [6.45, 7) is 2.29. The van der Waals surface area contributed by atoms with Crippen LogP contribution >= 0.6 is 0 Å². The van der Waals surface area contributed by atoms with E-state index in [1.165, 1.54) is 5.56 Å². The second-order valence-corrected chi connectivity index (χ2v) is 2.47. The molecule has 1 aromatic heterocycles. The van der Waals surface area contributed by atoms with Gasteiger partial charge < -0.3 is 15.5 Å². The number of nitrogens with one attached hydrogen (secondary N) is 1. The molecule has 2 rings (SSSR count). The van der Waals surface area contributed by atoms with Crippen molar-refractivity contribution in [3.05, 3.63) is 23.2 Å². The standard InChI is InChI=1S/C7H10N2O/c8-2-6-1-5-3-9-4-7(5)10-6/h1,9H,2-4,8H2. The molecule has 0 fully saturated rings. The van der Waals surface area contributed by atoms with Gasteiger partial charge in [-0.15, -0.1) is 0 Å². The average molecular weight is 138 g/mol. The summed E-state index contributed by atoms with van der Waals surface area (Å²) in [5.74, 6) is 1.95. The van der Waals surface area contributed by atoms with E-state index in [9.17, 15) is 0 Å². The van der Waals surface area contributed by atoms with Crippen LogP contribution in [0.2, 0.25) is 0 Å². The van der Waals surface area contributed by atoms with Gasteiger partial charge in [0.15, 0.2) is 0 Å². The second kappa shape index (κ2) is 2.11. The van der Waals surface area contributed by atoms with Gasteiger partial charge in [-0.25, -0.2) is 0 Å². The van der Waals surface area contributed by atoms with Gasteiger partial charge in [0, 0.05) is 12.1 Å². The monoisotopic (exact) mass is 138 g/mol. The molecule has 1 aromatic rings. The Bertz CT molecular complexity index is 220. The van der Waals surface area contributed by atoms with E-state index in [2.05, 4.69) is 5.32 Å². The summed E-state index contributed by atoms with van der Waals surface area (Å²) in [5.41, 5.74) is 6.66. The lowest BCUT2D eigenvalue weighted by molar-refractivity contribution is 0.463. The van der Waals surface area contributed by atoms with Crippen molar-refractivity contribution in [3.63, 3.8) is 0 Å². The highest BCUT2D eigenvalue weighted by molar-refractivity contribution is 5.24. The summed E-state index contributed by atoms with van der Waals surface area (Å²) in [7, 11) is 0. The van der Waals surface area contributed by atoms with Gasteiger partial charge in [-0.1, -0.05) is 0 Å². The van der Waals surface area contributed by atoms with E-state index in [1.807, 2.05) is 6.07 Å². The summed E-state index contributed by atoms with van der Waals surface area (Å²) < 4.78 is 5.39. The molecule has 0 saturated heterocycles. The smallest absolute Gasteiger partial charge is 0.122 e. The Morgan fingerprint density at radius 1 is 1.60 bits per heavy atom. The number of nitrogens with two attached hydrogens (primary N) is 1. The Morgan fingerprint density at radius 2 is 2.50 bits per heavy atom. The molecule has 0 radical (unpaired) electrons. The van der Waals surface area contributed by atoms with Crippen LogP contribution in [-0.4, -0.2) is 0 Å². The van der Waals surface area contributed by atoms with E-state index in [0.717, 1.165) is 24.6 Å². The number of furan rings is 1. The van der Waals surface area contributed by atoms with E-state index >= 15 is 0 Å². The van der Waals surface area contributed by atoms with Crippen LogP contribution in [0, 0.1) is 0 Å². The lowest BCUT2D eigenvalue weighted by Gasteiger charge is -1.89. The Morgan fingerprint density at radius 3 is 3.20 bits per heavy atom. The fraction of sp³-hybridized carbons (Fsp3) is 0.429. The molecule has 3 nitrogen and oxygen atoms in total. The normalized spacial score (nSPS) is 15.7. The molecule has 2 heterocycles. The molecule has 10 heavy (non-hydrogen) atoms. The minimum Gasteiger partial charge on any atom is -0.463 e. The lowest BCUT2D eigenvalue weighted by Crippen LogP contribution is -2.02. The molecule has 0 bridgehead atoms. The van der Waals surface area contributed by atoms with Crippen molar-refractivity contribution < 1.29 is 4.42 Å². The molecule has 0 aliphatic carbocycles. The predicted molar refractivity (Wildman–Crippen MR) is 37.1 cm³/mol. The Kier molecular flexibility index (Phi) is 1.25. The first kappa shape index (κ1) is 5.95. The fourth-order valence-corrected chi connectivity index (χ4v) is 1.24. The van der Waals surface area contributed by atoms with Crippen molar-refractivity contribution >= 4 is 0 Å². The third-order valence-corrected chi connectivity index (χ3v) is 1.75. The molecule has 0 aromatic carbocycles. The SMILES string of the molecule is NCc1cc2c(o1)CNC2. The van der Waals surface area contributed by atoms with Crippen LogP contribution in [0.4, 0.5) is 0 Å². The van der Waals surface area contributed by atoms with E-state index in [0.29, 0.717) is 6.54 Å². The fourth-order valence-electron chi connectivity index (χ4n) is 1.24. The minimum atomic E-state index is 0.507. The van der Waals surface area contributed by atoms with Gasteiger partial charge in [-0.3, -0.25) is 0 Å². The van der Waals surface area contributed by atoms with Crippen LogP contribution in [0.25, 0.3) is 0 Å². The summed E-state index contributed by atoms with van der Waals surface area (Å²) in [6, 6.07) is 2.02. The second-order valence-electron chi connectivity index (χ2n) is 2.47. The van der Waals surface area contributed by atoms with E-state index < -0.39 is 0 Å². The van der Waals surface area contributed by atoms with Crippen LogP contribution in [0.3, 0.4) is 0 Å². The molecule has 0 saturated carbocycles. The average Bonchev–Trinajstić information content (AvgIpc) is 2.42. The maximum absolute atomic E-state index is 5.40. The zero-order chi connectivity index (χ0) is 6.97. The van der Waals surface area contributed by atoms with E-state index in [4.69, 9.17) is 10.2 Å². The maximum Gasteiger partial charge on any atom is 0.122 e. The third kappa shape index (κ3) is 0.751.